The normalized spacial score (nSPS) is 31.6. The molecule has 0 aromatic heterocycles. The first-order valence-electron chi connectivity index (χ1n) is 13.8. The minimum Gasteiger partial charge on any atom is -0.439 e. The van der Waals surface area contributed by atoms with E-state index in [1.165, 1.54) is 20.3 Å². The highest BCUT2D eigenvalue weighted by Gasteiger charge is 2.33. The van der Waals surface area contributed by atoms with E-state index in [0.717, 1.165) is 6.08 Å². The quantitative estimate of drug-likeness (QED) is 0.271. The van der Waals surface area contributed by atoms with Crippen molar-refractivity contribution >= 4 is 23.6 Å². The second-order valence-corrected chi connectivity index (χ2v) is 10.6. The van der Waals surface area contributed by atoms with Crippen molar-refractivity contribution in [3.8, 4) is 0 Å². The maximum atomic E-state index is 13.5. The number of aliphatic hydroxyl groups is 1. The van der Waals surface area contributed by atoms with Gasteiger partial charge in [0.15, 0.2) is 6.10 Å². The molecule has 42 heavy (non-hydrogen) atoms. The van der Waals surface area contributed by atoms with Gasteiger partial charge >= 0.3 is 6.09 Å². The Morgan fingerprint density at radius 3 is 2.50 bits per heavy atom. The van der Waals surface area contributed by atoms with Gasteiger partial charge in [-0.1, -0.05) is 44.2 Å². The lowest BCUT2D eigenvalue weighted by Crippen LogP contribution is -2.37. The molecule has 0 aromatic rings. The molecule has 11 nitrogen and oxygen atoms in total. The van der Waals surface area contributed by atoms with E-state index < -0.39 is 53.9 Å². The number of fused-ring (bicyclic) bond motifs is 2. The minimum atomic E-state index is -1.00. The van der Waals surface area contributed by atoms with E-state index in [4.69, 9.17) is 19.9 Å². The Hall–Kier alpha value is -3.80. The summed E-state index contributed by atoms with van der Waals surface area (Å²) in [5.41, 5.74) is 6.42. The molecule has 1 aliphatic carbocycles. The summed E-state index contributed by atoms with van der Waals surface area (Å²) < 4.78 is 16.6. The van der Waals surface area contributed by atoms with Gasteiger partial charge in [0.2, 0.25) is 11.6 Å². The minimum absolute atomic E-state index is 0.132. The lowest BCUT2D eigenvalue weighted by Gasteiger charge is -2.30. The number of hydrogen-bond donors (Lipinski definition) is 4. The predicted molar refractivity (Wildman–Crippen MR) is 158 cm³/mol. The molecule has 6 atom stereocenters. The van der Waals surface area contributed by atoms with Gasteiger partial charge in [-0.15, -0.1) is 6.58 Å². The Kier molecular flexibility index (Phi) is 13.1. The number of aliphatic hydroxyl groups excluding tert-OH is 1. The Morgan fingerprint density at radius 1 is 1.21 bits per heavy atom. The highest BCUT2D eigenvalue weighted by molar-refractivity contribution is 6.23. The topological polar surface area (TPSA) is 166 Å². The standard InChI is InChI=1S/C31H43N3O8/c1-8-12-33-26-21-13-17(2)14-25(41-7)27(36)19(4)15-20(5)29(42-31(32)39)24(40-6)11-9-10-18(3)30(38)34-22(28(21)37)16-23(26)35/h8-11,15-17,19,24-25,27,29,33,36H,1,12-14H2,2-7H3,(H2,32,39)(H,34,38)/b11-9-,18-10+,20-15+/t17-,19+,24?,25+,27-,29?/m1/s1. The Bertz CT molecular complexity index is 1210. The first-order valence-corrected chi connectivity index (χ1v) is 13.8. The van der Waals surface area contributed by atoms with Crippen LogP contribution in [0.3, 0.4) is 0 Å². The number of nitrogens with two attached hydrogens (primary N) is 1. The molecule has 0 saturated heterocycles. The highest BCUT2D eigenvalue weighted by atomic mass is 16.6. The predicted octanol–water partition coefficient (Wildman–Crippen LogP) is 2.54. The van der Waals surface area contributed by atoms with Crippen molar-refractivity contribution in [1.82, 2.24) is 10.6 Å². The number of methoxy groups -OCH3 is 2. The summed E-state index contributed by atoms with van der Waals surface area (Å²) in [6.07, 6.45) is 5.34. The second-order valence-electron chi connectivity index (χ2n) is 10.6. The third kappa shape index (κ3) is 9.10. The number of ether oxygens (including phenoxy) is 3. The van der Waals surface area contributed by atoms with E-state index in [9.17, 15) is 24.3 Å². The van der Waals surface area contributed by atoms with Gasteiger partial charge in [-0.25, -0.2) is 4.79 Å². The molecule has 2 unspecified atom stereocenters. The SMILES string of the molecule is C=CCNC1=C2C[C@@H](C)C[C@H](OC)[C@H](O)[C@@H](C)/C=C(\C)C(OC(N)=O)C(OC)/C=C\C=C(/C)C(=O)NC(=CC1=O)C2=O. The van der Waals surface area contributed by atoms with Gasteiger partial charge in [-0.3, -0.25) is 14.4 Å². The zero-order valence-corrected chi connectivity index (χ0v) is 25.1. The van der Waals surface area contributed by atoms with Crippen LogP contribution in [0.4, 0.5) is 4.79 Å². The number of primary amides is 1. The number of Topliss-reactive ketones (excluding diaryl/α,β-unsaturated/α-hetero) is 1. The number of hydrogen-bond acceptors (Lipinski definition) is 9. The number of allylic oxidation sites excluding steroid dienone is 4. The number of rotatable bonds is 6. The molecule has 1 aliphatic heterocycles. The fraction of sp³-hybridized carbons (Fsp3) is 0.484. The summed E-state index contributed by atoms with van der Waals surface area (Å²) in [4.78, 5) is 51.3. The number of carbonyl (C=O) groups excluding carboxylic acids is 4. The van der Waals surface area contributed by atoms with Crippen LogP contribution in [0.25, 0.3) is 0 Å². The van der Waals surface area contributed by atoms with Crippen LogP contribution in [0.5, 0.6) is 0 Å². The van der Waals surface area contributed by atoms with Crippen molar-refractivity contribution in [2.45, 2.75) is 65.0 Å². The fourth-order valence-corrected chi connectivity index (χ4v) is 4.95. The molecule has 0 fully saturated rings. The molecule has 2 aliphatic rings. The van der Waals surface area contributed by atoms with Crippen LogP contribution in [0.15, 0.2) is 71.1 Å². The average Bonchev–Trinajstić information content (AvgIpc) is 2.94. The van der Waals surface area contributed by atoms with Crippen molar-refractivity contribution in [3.05, 3.63) is 71.1 Å². The van der Waals surface area contributed by atoms with Crippen LogP contribution in [-0.2, 0) is 28.6 Å². The monoisotopic (exact) mass is 585 g/mol. The van der Waals surface area contributed by atoms with Crippen molar-refractivity contribution in [2.24, 2.45) is 17.6 Å². The molecule has 2 amide bonds. The summed E-state index contributed by atoms with van der Waals surface area (Å²) in [7, 11) is 2.92. The maximum absolute atomic E-state index is 13.5. The molecule has 0 aromatic carbocycles. The summed E-state index contributed by atoms with van der Waals surface area (Å²) in [5.74, 6) is -2.14. The van der Waals surface area contributed by atoms with E-state index in [-0.39, 0.29) is 41.4 Å². The molecule has 2 bridgehead atoms. The molecular weight excluding hydrogens is 542 g/mol. The van der Waals surface area contributed by atoms with Gasteiger partial charge in [0.1, 0.15) is 6.10 Å². The Balaban J connectivity index is 2.62. The van der Waals surface area contributed by atoms with Crippen molar-refractivity contribution in [1.29, 1.82) is 0 Å². The molecule has 11 heteroatoms. The number of amides is 2. The molecule has 0 saturated carbocycles. The average molecular weight is 586 g/mol. The zero-order chi connectivity index (χ0) is 31.6. The third-order valence-corrected chi connectivity index (χ3v) is 7.22. The Morgan fingerprint density at radius 2 is 1.90 bits per heavy atom. The van der Waals surface area contributed by atoms with Crippen LogP contribution in [0.1, 0.15) is 40.5 Å². The van der Waals surface area contributed by atoms with Crippen molar-refractivity contribution < 1.29 is 38.5 Å². The molecule has 230 valence electrons. The lowest BCUT2D eigenvalue weighted by molar-refractivity contribution is -0.120. The molecular formula is C31H43N3O8. The van der Waals surface area contributed by atoms with Gasteiger partial charge < -0.3 is 35.7 Å². The van der Waals surface area contributed by atoms with Crippen LogP contribution < -0.4 is 16.4 Å². The van der Waals surface area contributed by atoms with Gasteiger partial charge in [0.05, 0.1) is 23.6 Å². The fourth-order valence-electron chi connectivity index (χ4n) is 4.95. The zero-order valence-electron chi connectivity index (χ0n) is 25.1. The number of nitrogens with one attached hydrogen (secondary N) is 2. The van der Waals surface area contributed by atoms with E-state index in [0.29, 0.717) is 12.0 Å². The summed E-state index contributed by atoms with van der Waals surface area (Å²) in [6.45, 7) is 10.9. The van der Waals surface area contributed by atoms with Crippen LogP contribution in [-0.4, -0.2) is 73.9 Å². The first kappa shape index (κ1) is 34.4. The van der Waals surface area contributed by atoms with Gasteiger partial charge in [-0.2, -0.15) is 0 Å². The van der Waals surface area contributed by atoms with Crippen LogP contribution in [0.2, 0.25) is 0 Å². The largest absolute Gasteiger partial charge is 0.439 e. The van der Waals surface area contributed by atoms with Crippen LogP contribution >= 0.6 is 0 Å². The maximum Gasteiger partial charge on any atom is 0.405 e. The summed E-state index contributed by atoms with van der Waals surface area (Å²) in [6, 6.07) is 0. The van der Waals surface area contributed by atoms with E-state index in [1.807, 2.05) is 6.92 Å². The van der Waals surface area contributed by atoms with E-state index >= 15 is 0 Å². The summed E-state index contributed by atoms with van der Waals surface area (Å²) in [5, 5.41) is 16.7. The van der Waals surface area contributed by atoms with Crippen LogP contribution in [0, 0.1) is 11.8 Å². The third-order valence-electron chi connectivity index (χ3n) is 7.22. The van der Waals surface area contributed by atoms with Crippen molar-refractivity contribution in [3.63, 3.8) is 0 Å². The highest BCUT2D eigenvalue weighted by Crippen LogP contribution is 2.28. The van der Waals surface area contributed by atoms with Crippen molar-refractivity contribution in [2.75, 3.05) is 20.8 Å². The molecule has 1 heterocycles. The molecule has 0 spiro atoms. The Labute approximate surface area is 247 Å². The number of ketones is 2. The molecule has 2 rings (SSSR count). The smallest absolute Gasteiger partial charge is 0.405 e. The molecule has 5 N–H and O–H groups in total. The summed E-state index contributed by atoms with van der Waals surface area (Å²) >= 11 is 0. The van der Waals surface area contributed by atoms with Gasteiger partial charge in [0.25, 0.3) is 5.91 Å². The van der Waals surface area contributed by atoms with E-state index in [1.54, 1.807) is 45.1 Å². The number of carbonyl (C=O) groups is 4. The molecule has 0 radical (unpaired) electrons. The van der Waals surface area contributed by atoms with E-state index in [2.05, 4.69) is 17.2 Å². The first-order chi connectivity index (χ1) is 19.8. The second kappa shape index (κ2) is 16.0. The van der Waals surface area contributed by atoms with Gasteiger partial charge in [-0.05, 0) is 38.2 Å². The lowest BCUT2D eigenvalue weighted by atomic mass is 9.85. The van der Waals surface area contributed by atoms with Gasteiger partial charge in [0, 0.05) is 43.9 Å².